The molecule has 1 N–H and O–H groups in total. The number of hydrogen-bond acceptors (Lipinski definition) is 4. The van der Waals surface area contributed by atoms with Crippen molar-refractivity contribution in [3.63, 3.8) is 0 Å². The van der Waals surface area contributed by atoms with Gasteiger partial charge in [0.25, 0.3) is 0 Å². The number of ether oxygens (including phenoxy) is 2. The Morgan fingerprint density at radius 3 is 2.17 bits per heavy atom. The quantitative estimate of drug-likeness (QED) is 0.811. The largest absolute Gasteiger partial charge is 0.496 e. The van der Waals surface area contributed by atoms with E-state index in [4.69, 9.17) is 9.47 Å². The lowest BCUT2D eigenvalue weighted by atomic mass is 10.0. The Labute approximate surface area is 147 Å². The van der Waals surface area contributed by atoms with Crippen LogP contribution in [-0.4, -0.2) is 51.5 Å². The number of nitrogens with zero attached hydrogens (tertiary/aromatic N) is 1. The SMILES string of the molecule is COc1cc([C@H](N2CCNCC2)C(F)(F)F)c(OC)cc1Br.Cl. The minimum Gasteiger partial charge on any atom is -0.496 e. The van der Waals surface area contributed by atoms with Gasteiger partial charge in [0.15, 0.2) is 0 Å². The fourth-order valence-electron chi connectivity index (χ4n) is 2.62. The Balaban J connectivity index is 0.00000264. The molecule has 0 bridgehead atoms. The number of halogens is 5. The van der Waals surface area contributed by atoms with Gasteiger partial charge in [0.2, 0.25) is 0 Å². The van der Waals surface area contributed by atoms with Crippen molar-refractivity contribution in [2.24, 2.45) is 0 Å². The molecule has 0 radical (unpaired) electrons. The van der Waals surface area contributed by atoms with Crippen molar-refractivity contribution >= 4 is 28.3 Å². The molecule has 1 aromatic rings. The summed E-state index contributed by atoms with van der Waals surface area (Å²) in [5, 5.41) is 3.06. The third kappa shape index (κ3) is 4.65. The van der Waals surface area contributed by atoms with Gasteiger partial charge in [0.1, 0.15) is 17.5 Å². The first-order valence-corrected chi connectivity index (χ1v) is 7.60. The van der Waals surface area contributed by atoms with E-state index in [0.717, 1.165) is 0 Å². The molecule has 23 heavy (non-hydrogen) atoms. The maximum atomic E-state index is 13.7. The summed E-state index contributed by atoms with van der Waals surface area (Å²) in [6.07, 6.45) is -4.40. The minimum absolute atomic E-state index is 0. The predicted octanol–water partition coefficient (Wildman–Crippen LogP) is 3.40. The first kappa shape index (κ1) is 20.3. The van der Waals surface area contributed by atoms with Crippen LogP contribution in [0.4, 0.5) is 13.2 Å². The van der Waals surface area contributed by atoms with Crippen molar-refractivity contribution in [2.45, 2.75) is 12.2 Å². The molecule has 1 aromatic carbocycles. The van der Waals surface area contributed by atoms with E-state index in [0.29, 0.717) is 36.4 Å². The van der Waals surface area contributed by atoms with Crippen molar-refractivity contribution in [3.8, 4) is 11.5 Å². The molecular formula is C14H19BrClF3N2O2. The Morgan fingerprint density at radius 2 is 1.70 bits per heavy atom. The summed E-state index contributed by atoms with van der Waals surface area (Å²) >= 11 is 3.27. The molecule has 0 aromatic heterocycles. The first-order chi connectivity index (χ1) is 10.4. The van der Waals surface area contributed by atoms with Crippen LogP contribution < -0.4 is 14.8 Å². The summed E-state index contributed by atoms with van der Waals surface area (Å²) in [6.45, 7) is 1.71. The zero-order chi connectivity index (χ0) is 16.3. The maximum Gasteiger partial charge on any atom is 0.408 e. The van der Waals surface area contributed by atoms with E-state index in [1.165, 1.54) is 31.3 Å². The maximum absolute atomic E-state index is 13.7. The van der Waals surface area contributed by atoms with Gasteiger partial charge >= 0.3 is 6.18 Å². The molecule has 1 heterocycles. The molecule has 9 heteroatoms. The van der Waals surface area contributed by atoms with E-state index < -0.39 is 12.2 Å². The van der Waals surface area contributed by atoms with E-state index in [1.807, 2.05) is 0 Å². The lowest BCUT2D eigenvalue weighted by Crippen LogP contribution is -2.49. The van der Waals surface area contributed by atoms with E-state index in [-0.39, 0.29) is 23.7 Å². The van der Waals surface area contributed by atoms with Gasteiger partial charge in [-0.15, -0.1) is 12.4 Å². The third-order valence-electron chi connectivity index (χ3n) is 3.63. The van der Waals surface area contributed by atoms with Gasteiger partial charge in [0, 0.05) is 31.7 Å². The van der Waals surface area contributed by atoms with Gasteiger partial charge in [0.05, 0.1) is 18.7 Å². The Kier molecular flexibility index (Phi) is 7.44. The smallest absolute Gasteiger partial charge is 0.408 e. The van der Waals surface area contributed by atoms with E-state index >= 15 is 0 Å². The lowest BCUT2D eigenvalue weighted by molar-refractivity contribution is -0.188. The van der Waals surface area contributed by atoms with Crippen molar-refractivity contribution in [2.75, 3.05) is 40.4 Å². The summed E-state index contributed by atoms with van der Waals surface area (Å²) in [5.41, 5.74) is 0.0666. The molecule has 0 spiro atoms. The molecule has 0 amide bonds. The highest BCUT2D eigenvalue weighted by molar-refractivity contribution is 9.10. The molecule has 0 aliphatic carbocycles. The number of piperazine rings is 1. The van der Waals surface area contributed by atoms with Gasteiger partial charge in [-0.05, 0) is 28.1 Å². The standard InChI is InChI=1S/C14H18BrF3N2O2.ClH/c1-21-11-8-10(15)12(22-2)7-9(11)13(14(16,17)18)20-5-3-19-4-6-20;/h7-8,13,19H,3-6H2,1-2H3;1H/t13-;/m0./s1. The number of nitrogens with one attached hydrogen (secondary N) is 1. The predicted molar refractivity (Wildman–Crippen MR) is 87.7 cm³/mol. The highest BCUT2D eigenvalue weighted by Gasteiger charge is 2.46. The summed E-state index contributed by atoms with van der Waals surface area (Å²) < 4.78 is 51.9. The van der Waals surface area contributed by atoms with Crippen LogP contribution in [-0.2, 0) is 0 Å². The molecule has 1 aliphatic heterocycles. The van der Waals surface area contributed by atoms with Crippen LogP contribution in [0.15, 0.2) is 16.6 Å². The van der Waals surface area contributed by atoms with Gasteiger partial charge in [-0.25, -0.2) is 0 Å². The fourth-order valence-corrected chi connectivity index (χ4v) is 3.10. The fraction of sp³-hybridized carbons (Fsp3) is 0.571. The molecule has 4 nitrogen and oxygen atoms in total. The van der Waals surface area contributed by atoms with Crippen LogP contribution >= 0.6 is 28.3 Å². The van der Waals surface area contributed by atoms with Crippen LogP contribution in [0.3, 0.4) is 0 Å². The first-order valence-electron chi connectivity index (χ1n) is 6.81. The lowest BCUT2D eigenvalue weighted by Gasteiger charge is -2.36. The van der Waals surface area contributed by atoms with Crippen LogP contribution in [0.25, 0.3) is 0 Å². The molecular weight excluding hydrogens is 401 g/mol. The second kappa shape index (κ2) is 8.41. The average Bonchev–Trinajstić information content (AvgIpc) is 2.48. The Hall–Kier alpha value is -0.700. The molecule has 0 unspecified atom stereocenters. The number of alkyl halides is 3. The minimum atomic E-state index is -4.40. The molecule has 132 valence electrons. The monoisotopic (exact) mass is 418 g/mol. The molecule has 1 atom stereocenters. The zero-order valence-electron chi connectivity index (χ0n) is 12.7. The number of hydrogen-bond donors (Lipinski definition) is 1. The van der Waals surface area contributed by atoms with E-state index in [2.05, 4.69) is 21.2 Å². The van der Waals surface area contributed by atoms with Crippen molar-refractivity contribution in [1.29, 1.82) is 0 Å². The summed E-state index contributed by atoms with van der Waals surface area (Å²) in [7, 11) is 2.78. The van der Waals surface area contributed by atoms with Crippen molar-refractivity contribution in [3.05, 3.63) is 22.2 Å². The normalized spacial score (nSPS) is 17.3. The zero-order valence-corrected chi connectivity index (χ0v) is 15.1. The second-order valence-corrected chi connectivity index (χ2v) is 5.81. The van der Waals surface area contributed by atoms with Crippen LogP contribution in [0.2, 0.25) is 0 Å². The molecule has 1 saturated heterocycles. The molecule has 0 saturated carbocycles. The summed E-state index contributed by atoms with van der Waals surface area (Å²) in [6, 6.07) is 1.18. The van der Waals surface area contributed by atoms with Crippen LogP contribution in [0, 0.1) is 0 Å². The van der Waals surface area contributed by atoms with Crippen LogP contribution in [0.5, 0.6) is 11.5 Å². The van der Waals surface area contributed by atoms with Gasteiger partial charge in [-0.3, -0.25) is 4.90 Å². The van der Waals surface area contributed by atoms with E-state index in [9.17, 15) is 13.2 Å². The summed E-state index contributed by atoms with van der Waals surface area (Å²) in [4.78, 5) is 1.42. The van der Waals surface area contributed by atoms with Gasteiger partial charge in [-0.2, -0.15) is 13.2 Å². The second-order valence-electron chi connectivity index (χ2n) is 4.96. The highest BCUT2D eigenvalue weighted by atomic mass is 79.9. The van der Waals surface area contributed by atoms with Crippen molar-refractivity contribution < 1.29 is 22.6 Å². The van der Waals surface area contributed by atoms with Crippen molar-refractivity contribution in [1.82, 2.24) is 10.2 Å². The molecule has 1 fully saturated rings. The average molecular weight is 420 g/mol. The Morgan fingerprint density at radius 1 is 1.13 bits per heavy atom. The number of rotatable bonds is 4. The molecule has 2 rings (SSSR count). The Bertz CT molecular complexity index is 525. The van der Waals surface area contributed by atoms with Gasteiger partial charge in [-0.1, -0.05) is 0 Å². The topological polar surface area (TPSA) is 33.7 Å². The molecule has 1 aliphatic rings. The van der Waals surface area contributed by atoms with Gasteiger partial charge < -0.3 is 14.8 Å². The van der Waals surface area contributed by atoms with Crippen LogP contribution in [0.1, 0.15) is 11.6 Å². The number of methoxy groups -OCH3 is 2. The third-order valence-corrected chi connectivity index (χ3v) is 4.25. The highest BCUT2D eigenvalue weighted by Crippen LogP contribution is 2.44. The summed E-state index contributed by atoms with van der Waals surface area (Å²) in [5.74, 6) is 0.536. The number of benzene rings is 1. The van der Waals surface area contributed by atoms with E-state index in [1.54, 1.807) is 0 Å².